The largest absolute Gasteiger partial charge is 0.367 e. The molecule has 162 valence electrons. The third-order valence-corrected chi connectivity index (χ3v) is 5.01. The van der Waals surface area contributed by atoms with Crippen LogP contribution in [0.15, 0.2) is 89.5 Å². The Bertz CT molecular complexity index is 1130. The van der Waals surface area contributed by atoms with Gasteiger partial charge < -0.3 is 14.6 Å². The predicted molar refractivity (Wildman–Crippen MR) is 122 cm³/mol. The molecule has 0 fully saturated rings. The molecular formula is C26H25N3O3. The minimum absolute atomic E-state index is 0.0564. The van der Waals surface area contributed by atoms with Crippen LogP contribution in [0.4, 0.5) is 0 Å². The van der Waals surface area contributed by atoms with Gasteiger partial charge in [-0.3, -0.25) is 4.79 Å². The fourth-order valence-corrected chi connectivity index (χ4v) is 3.32. The lowest BCUT2D eigenvalue weighted by Crippen LogP contribution is -2.33. The number of rotatable bonds is 9. The first-order valence-corrected chi connectivity index (χ1v) is 10.5. The van der Waals surface area contributed by atoms with Gasteiger partial charge in [0.25, 0.3) is 0 Å². The number of carbonyl (C=O) groups excluding carboxylic acids is 1. The molecule has 1 N–H and O–H groups in total. The van der Waals surface area contributed by atoms with Crippen LogP contribution in [0.5, 0.6) is 0 Å². The smallest absolute Gasteiger partial charge is 0.249 e. The molecule has 32 heavy (non-hydrogen) atoms. The first kappa shape index (κ1) is 21.5. The first-order chi connectivity index (χ1) is 15.7. The molecule has 0 bridgehead atoms. The molecule has 6 heteroatoms. The van der Waals surface area contributed by atoms with Crippen LogP contribution in [0.2, 0.25) is 0 Å². The Kier molecular flexibility index (Phi) is 7.05. The quantitative estimate of drug-likeness (QED) is 0.420. The van der Waals surface area contributed by atoms with Gasteiger partial charge in [0.15, 0.2) is 0 Å². The molecule has 0 aliphatic rings. The van der Waals surface area contributed by atoms with Crippen molar-refractivity contribution in [1.82, 2.24) is 15.5 Å². The second-order valence-electron chi connectivity index (χ2n) is 7.61. The van der Waals surface area contributed by atoms with Crippen LogP contribution >= 0.6 is 0 Å². The summed E-state index contributed by atoms with van der Waals surface area (Å²) in [5.41, 5.74) is 4.09. The van der Waals surface area contributed by atoms with E-state index in [1.165, 1.54) is 0 Å². The molecule has 1 aromatic heterocycles. The molecule has 0 radical (unpaired) electrons. The average molecular weight is 428 g/mol. The maximum atomic E-state index is 12.6. The minimum atomic E-state index is -0.461. The highest BCUT2D eigenvalue weighted by Crippen LogP contribution is 2.22. The van der Waals surface area contributed by atoms with E-state index in [1.807, 2.05) is 91.9 Å². The number of hydrogen-bond donors (Lipinski definition) is 1. The molecule has 0 saturated heterocycles. The monoisotopic (exact) mass is 427 g/mol. The lowest BCUT2D eigenvalue weighted by molar-refractivity contribution is -0.127. The summed E-state index contributed by atoms with van der Waals surface area (Å²) in [6.45, 7) is 2.34. The van der Waals surface area contributed by atoms with Crippen molar-refractivity contribution in [1.29, 1.82) is 0 Å². The zero-order chi connectivity index (χ0) is 22.2. The van der Waals surface area contributed by atoms with Crippen LogP contribution < -0.4 is 5.32 Å². The van der Waals surface area contributed by atoms with E-state index in [-0.39, 0.29) is 12.5 Å². The Morgan fingerprint density at radius 2 is 1.59 bits per heavy atom. The SMILES string of the molecule is Cc1ccc(-c2noc(C(Cc3ccccc3)NC(=O)COCc3ccccc3)n2)cc1. The van der Waals surface area contributed by atoms with Crippen LogP contribution in [0.1, 0.15) is 28.6 Å². The fourth-order valence-electron chi connectivity index (χ4n) is 3.32. The van der Waals surface area contributed by atoms with Gasteiger partial charge in [-0.2, -0.15) is 4.98 Å². The van der Waals surface area contributed by atoms with Gasteiger partial charge in [0.1, 0.15) is 12.6 Å². The first-order valence-electron chi connectivity index (χ1n) is 10.5. The third kappa shape index (κ3) is 5.89. The Hall–Kier alpha value is -3.77. The molecular weight excluding hydrogens is 402 g/mol. The Balaban J connectivity index is 1.45. The van der Waals surface area contributed by atoms with E-state index < -0.39 is 6.04 Å². The maximum absolute atomic E-state index is 12.6. The van der Waals surface area contributed by atoms with Crippen molar-refractivity contribution in [2.24, 2.45) is 0 Å². The summed E-state index contributed by atoms with van der Waals surface area (Å²) in [5, 5.41) is 7.10. The van der Waals surface area contributed by atoms with Gasteiger partial charge in [0, 0.05) is 12.0 Å². The predicted octanol–water partition coefficient (Wildman–Crippen LogP) is 4.66. The second kappa shape index (κ2) is 10.5. The maximum Gasteiger partial charge on any atom is 0.249 e. The molecule has 4 aromatic rings. The highest BCUT2D eigenvalue weighted by atomic mass is 16.5. The molecule has 1 atom stereocenters. The summed E-state index contributed by atoms with van der Waals surface area (Å²) < 4.78 is 11.1. The van der Waals surface area contributed by atoms with Crippen molar-refractivity contribution in [3.63, 3.8) is 0 Å². The summed E-state index contributed by atoms with van der Waals surface area (Å²) in [4.78, 5) is 17.1. The standard InChI is InChI=1S/C26H25N3O3/c1-19-12-14-22(15-13-19)25-28-26(32-29-25)23(16-20-8-4-2-5-9-20)27-24(30)18-31-17-21-10-6-3-7-11-21/h2-15,23H,16-18H2,1H3,(H,27,30). The molecule has 1 amide bonds. The molecule has 0 spiro atoms. The number of hydrogen-bond acceptors (Lipinski definition) is 5. The second-order valence-corrected chi connectivity index (χ2v) is 7.61. The van der Waals surface area contributed by atoms with Crippen molar-refractivity contribution in [2.75, 3.05) is 6.61 Å². The third-order valence-electron chi connectivity index (χ3n) is 5.01. The lowest BCUT2D eigenvalue weighted by atomic mass is 10.1. The zero-order valence-electron chi connectivity index (χ0n) is 17.9. The molecule has 0 saturated carbocycles. The van der Waals surface area contributed by atoms with Crippen LogP contribution in [0.3, 0.4) is 0 Å². The van der Waals surface area contributed by atoms with Gasteiger partial charge in [-0.15, -0.1) is 0 Å². The van der Waals surface area contributed by atoms with Crippen molar-refractivity contribution in [3.8, 4) is 11.4 Å². The molecule has 1 heterocycles. The molecule has 0 aliphatic heterocycles. The van der Waals surface area contributed by atoms with Crippen molar-refractivity contribution in [2.45, 2.75) is 26.0 Å². The van der Waals surface area contributed by atoms with Crippen molar-refractivity contribution < 1.29 is 14.1 Å². The van der Waals surface area contributed by atoms with Gasteiger partial charge in [0.2, 0.25) is 17.6 Å². The van der Waals surface area contributed by atoms with E-state index in [1.54, 1.807) is 0 Å². The highest BCUT2D eigenvalue weighted by Gasteiger charge is 2.22. The van der Waals surface area contributed by atoms with Crippen LogP contribution in [0, 0.1) is 6.92 Å². The summed E-state index contributed by atoms with van der Waals surface area (Å²) in [6, 6.07) is 27.1. The number of benzene rings is 3. The van der Waals surface area contributed by atoms with Crippen LogP contribution in [0.25, 0.3) is 11.4 Å². The van der Waals surface area contributed by atoms with E-state index in [4.69, 9.17) is 9.26 Å². The number of nitrogens with one attached hydrogen (secondary N) is 1. The Labute approximate surface area is 187 Å². The molecule has 3 aromatic carbocycles. The van der Waals surface area contributed by atoms with Gasteiger partial charge in [-0.25, -0.2) is 0 Å². The zero-order valence-corrected chi connectivity index (χ0v) is 17.9. The van der Waals surface area contributed by atoms with Gasteiger partial charge in [0.05, 0.1) is 6.61 Å². The molecule has 4 rings (SSSR count). The van der Waals surface area contributed by atoms with Gasteiger partial charge >= 0.3 is 0 Å². The Morgan fingerprint density at radius 3 is 2.28 bits per heavy atom. The van der Waals surface area contributed by atoms with E-state index in [9.17, 15) is 4.79 Å². The van der Waals surface area contributed by atoms with E-state index in [2.05, 4.69) is 15.5 Å². The normalized spacial score (nSPS) is 11.8. The summed E-state index contributed by atoms with van der Waals surface area (Å²) in [5.74, 6) is 0.616. The number of ether oxygens (including phenoxy) is 1. The van der Waals surface area contributed by atoms with E-state index in [0.717, 1.165) is 22.3 Å². The number of nitrogens with zero attached hydrogens (tertiary/aromatic N) is 2. The average Bonchev–Trinajstić information content (AvgIpc) is 3.31. The van der Waals surface area contributed by atoms with Crippen LogP contribution in [-0.2, 0) is 22.6 Å². The molecule has 0 aliphatic carbocycles. The lowest BCUT2D eigenvalue weighted by Gasteiger charge is -2.15. The van der Waals surface area contributed by atoms with E-state index >= 15 is 0 Å². The number of aromatic nitrogens is 2. The Morgan fingerprint density at radius 1 is 0.938 bits per heavy atom. The molecule has 6 nitrogen and oxygen atoms in total. The summed E-state index contributed by atoms with van der Waals surface area (Å²) >= 11 is 0. The molecule has 1 unspecified atom stereocenters. The van der Waals surface area contributed by atoms with E-state index in [0.29, 0.717) is 24.7 Å². The van der Waals surface area contributed by atoms with Crippen molar-refractivity contribution >= 4 is 5.91 Å². The van der Waals surface area contributed by atoms with Crippen molar-refractivity contribution in [3.05, 3.63) is 108 Å². The number of amides is 1. The van der Waals surface area contributed by atoms with Gasteiger partial charge in [-0.1, -0.05) is 95.6 Å². The number of aryl methyl sites for hydroxylation is 1. The summed E-state index contributed by atoms with van der Waals surface area (Å²) in [6.07, 6.45) is 0.529. The van der Waals surface area contributed by atoms with Crippen LogP contribution in [-0.4, -0.2) is 22.7 Å². The topological polar surface area (TPSA) is 77.2 Å². The fraction of sp³-hybridized carbons (Fsp3) is 0.192. The van der Waals surface area contributed by atoms with Gasteiger partial charge in [-0.05, 0) is 18.1 Å². The summed E-state index contributed by atoms with van der Waals surface area (Å²) in [7, 11) is 0. The minimum Gasteiger partial charge on any atom is -0.367 e. The highest BCUT2D eigenvalue weighted by molar-refractivity contribution is 5.77. The number of carbonyl (C=O) groups is 1.